The Bertz CT molecular complexity index is 485. The summed E-state index contributed by atoms with van der Waals surface area (Å²) in [5.41, 5.74) is -0.203. The number of hydrogen-bond donors (Lipinski definition) is 1. The van der Waals surface area contributed by atoms with Gasteiger partial charge in [-0.3, -0.25) is 4.79 Å². The van der Waals surface area contributed by atoms with Gasteiger partial charge in [0.25, 0.3) is 0 Å². The van der Waals surface area contributed by atoms with E-state index in [1.807, 2.05) is 0 Å². The van der Waals surface area contributed by atoms with Crippen LogP contribution in [0.1, 0.15) is 77.0 Å². The fraction of sp³-hybridized carbons (Fsp3) is 0.857. The predicted octanol–water partition coefficient (Wildman–Crippen LogP) is 4.39. The van der Waals surface area contributed by atoms with E-state index in [1.165, 1.54) is 51.4 Å². The SMILES string of the molecule is O=C(CC(O)C1CC2C=CC1C2)OC1(C2CCCCC2)CCCC1. The molecule has 0 aromatic carbocycles. The smallest absolute Gasteiger partial charge is 0.308 e. The first-order chi connectivity index (χ1) is 11.7. The van der Waals surface area contributed by atoms with Crippen LogP contribution >= 0.6 is 0 Å². The second kappa shape index (κ2) is 6.82. The molecule has 3 saturated carbocycles. The van der Waals surface area contributed by atoms with Crippen LogP contribution in [0.15, 0.2) is 12.2 Å². The Morgan fingerprint density at radius 3 is 2.46 bits per heavy atom. The van der Waals surface area contributed by atoms with Crippen LogP contribution in [-0.4, -0.2) is 22.8 Å². The maximum Gasteiger partial charge on any atom is 0.308 e. The molecule has 2 bridgehead atoms. The van der Waals surface area contributed by atoms with Gasteiger partial charge in [-0.1, -0.05) is 31.4 Å². The summed E-state index contributed by atoms with van der Waals surface area (Å²) in [7, 11) is 0. The number of fused-ring (bicyclic) bond motifs is 2. The van der Waals surface area contributed by atoms with E-state index in [0.717, 1.165) is 19.3 Å². The molecule has 0 aromatic rings. The van der Waals surface area contributed by atoms with Gasteiger partial charge in [0.15, 0.2) is 0 Å². The van der Waals surface area contributed by atoms with Crippen LogP contribution in [0.5, 0.6) is 0 Å². The van der Waals surface area contributed by atoms with E-state index in [4.69, 9.17) is 4.74 Å². The van der Waals surface area contributed by atoms with Gasteiger partial charge in [-0.2, -0.15) is 0 Å². The monoisotopic (exact) mass is 332 g/mol. The molecule has 0 heterocycles. The second-order valence-electron chi connectivity index (χ2n) is 8.80. The van der Waals surface area contributed by atoms with Gasteiger partial charge in [-0.25, -0.2) is 0 Å². The minimum atomic E-state index is -0.526. The summed E-state index contributed by atoms with van der Waals surface area (Å²) >= 11 is 0. The molecule has 3 heteroatoms. The normalized spacial score (nSPS) is 36.1. The van der Waals surface area contributed by atoms with Gasteiger partial charge >= 0.3 is 5.97 Å². The lowest BCUT2D eigenvalue weighted by Crippen LogP contribution is -2.42. The summed E-state index contributed by atoms with van der Waals surface area (Å²) in [5.74, 6) is 1.79. The molecule has 3 nitrogen and oxygen atoms in total. The van der Waals surface area contributed by atoms with Crippen molar-refractivity contribution in [2.24, 2.45) is 23.7 Å². The summed E-state index contributed by atoms with van der Waals surface area (Å²) in [4.78, 5) is 12.6. The number of ether oxygens (including phenoxy) is 1. The number of allylic oxidation sites excluding steroid dienone is 2. The van der Waals surface area contributed by atoms with E-state index in [9.17, 15) is 9.90 Å². The topological polar surface area (TPSA) is 46.5 Å². The highest BCUT2D eigenvalue weighted by molar-refractivity contribution is 5.70. The quantitative estimate of drug-likeness (QED) is 0.600. The lowest BCUT2D eigenvalue weighted by atomic mass is 9.75. The van der Waals surface area contributed by atoms with Crippen molar-refractivity contribution in [3.63, 3.8) is 0 Å². The molecule has 4 rings (SSSR count). The first-order valence-electron chi connectivity index (χ1n) is 10.2. The van der Waals surface area contributed by atoms with Crippen molar-refractivity contribution in [3.8, 4) is 0 Å². The zero-order chi connectivity index (χ0) is 16.6. The van der Waals surface area contributed by atoms with E-state index in [2.05, 4.69) is 12.2 Å². The Hall–Kier alpha value is -0.830. The minimum Gasteiger partial charge on any atom is -0.459 e. The summed E-state index contributed by atoms with van der Waals surface area (Å²) in [6.45, 7) is 0. The van der Waals surface area contributed by atoms with E-state index >= 15 is 0 Å². The third-order valence-electron chi connectivity index (χ3n) is 7.32. The minimum absolute atomic E-state index is 0.151. The Morgan fingerprint density at radius 2 is 1.83 bits per heavy atom. The van der Waals surface area contributed by atoms with Crippen molar-refractivity contribution >= 4 is 5.97 Å². The van der Waals surface area contributed by atoms with E-state index in [0.29, 0.717) is 17.8 Å². The van der Waals surface area contributed by atoms with Crippen LogP contribution in [0.25, 0.3) is 0 Å². The maximum absolute atomic E-state index is 12.6. The van der Waals surface area contributed by atoms with Gasteiger partial charge in [0.1, 0.15) is 5.60 Å². The molecule has 0 aromatic heterocycles. The molecule has 4 aliphatic carbocycles. The molecule has 4 aliphatic rings. The van der Waals surface area contributed by atoms with Crippen molar-refractivity contribution in [1.82, 2.24) is 0 Å². The van der Waals surface area contributed by atoms with Gasteiger partial charge in [-0.05, 0) is 75.0 Å². The van der Waals surface area contributed by atoms with E-state index in [1.54, 1.807) is 0 Å². The second-order valence-corrected chi connectivity index (χ2v) is 8.80. The van der Waals surface area contributed by atoms with Crippen molar-refractivity contribution in [2.45, 2.75) is 88.8 Å². The van der Waals surface area contributed by atoms with Crippen molar-refractivity contribution in [2.75, 3.05) is 0 Å². The van der Waals surface area contributed by atoms with Crippen molar-refractivity contribution in [1.29, 1.82) is 0 Å². The Labute approximate surface area is 145 Å². The van der Waals surface area contributed by atoms with Crippen LogP contribution in [0.4, 0.5) is 0 Å². The number of carbonyl (C=O) groups is 1. The summed E-state index contributed by atoms with van der Waals surface area (Å²) in [5, 5.41) is 10.6. The molecular weight excluding hydrogens is 300 g/mol. The standard InChI is InChI=1S/C21H32O3/c22-19(18-13-15-8-9-16(18)12-15)14-20(23)24-21(10-4-5-11-21)17-6-2-1-3-7-17/h8-9,15-19,22H,1-7,10-14H2. The zero-order valence-corrected chi connectivity index (χ0v) is 14.8. The largest absolute Gasteiger partial charge is 0.459 e. The van der Waals surface area contributed by atoms with E-state index in [-0.39, 0.29) is 23.9 Å². The molecule has 0 aliphatic heterocycles. The molecule has 0 spiro atoms. The van der Waals surface area contributed by atoms with Gasteiger partial charge in [-0.15, -0.1) is 0 Å². The number of rotatable bonds is 5. The van der Waals surface area contributed by atoms with Gasteiger partial charge in [0.2, 0.25) is 0 Å². The number of hydrogen-bond acceptors (Lipinski definition) is 3. The number of aliphatic hydroxyl groups excluding tert-OH is 1. The van der Waals surface area contributed by atoms with Crippen molar-refractivity contribution in [3.05, 3.63) is 12.2 Å². The van der Waals surface area contributed by atoms with E-state index < -0.39 is 6.10 Å². The third kappa shape index (κ3) is 3.16. The molecular formula is C21H32O3. The summed E-state index contributed by atoms with van der Waals surface area (Å²) in [6, 6.07) is 0. The zero-order valence-electron chi connectivity index (χ0n) is 14.8. The molecule has 4 unspecified atom stereocenters. The Balaban J connectivity index is 1.36. The molecule has 24 heavy (non-hydrogen) atoms. The lowest BCUT2D eigenvalue weighted by molar-refractivity contribution is -0.170. The van der Waals surface area contributed by atoms with Crippen molar-refractivity contribution < 1.29 is 14.6 Å². The van der Waals surface area contributed by atoms with Gasteiger partial charge < -0.3 is 9.84 Å². The fourth-order valence-electron chi connectivity index (χ4n) is 6.05. The Morgan fingerprint density at radius 1 is 1.08 bits per heavy atom. The lowest BCUT2D eigenvalue weighted by Gasteiger charge is -2.39. The number of aliphatic hydroxyl groups is 1. The maximum atomic E-state index is 12.6. The molecule has 134 valence electrons. The van der Waals surface area contributed by atoms with Crippen LogP contribution in [0, 0.1) is 23.7 Å². The van der Waals surface area contributed by atoms with Crippen LogP contribution in [0.3, 0.4) is 0 Å². The highest BCUT2D eigenvalue weighted by Gasteiger charge is 2.46. The molecule has 1 N–H and O–H groups in total. The average molecular weight is 332 g/mol. The van der Waals surface area contributed by atoms with Crippen LogP contribution < -0.4 is 0 Å². The fourth-order valence-corrected chi connectivity index (χ4v) is 6.05. The summed E-state index contributed by atoms with van der Waals surface area (Å²) in [6.07, 6.45) is 17.2. The number of carbonyl (C=O) groups excluding carboxylic acids is 1. The predicted molar refractivity (Wildman–Crippen MR) is 93.3 cm³/mol. The number of esters is 1. The first kappa shape index (κ1) is 16.6. The molecule has 0 amide bonds. The van der Waals surface area contributed by atoms with Crippen LogP contribution in [0.2, 0.25) is 0 Å². The molecule has 4 atom stereocenters. The van der Waals surface area contributed by atoms with Gasteiger partial charge in [0.05, 0.1) is 12.5 Å². The molecule has 0 radical (unpaired) electrons. The third-order valence-corrected chi connectivity index (χ3v) is 7.32. The van der Waals surface area contributed by atoms with Gasteiger partial charge in [0, 0.05) is 0 Å². The summed E-state index contributed by atoms with van der Waals surface area (Å²) < 4.78 is 6.13. The first-order valence-corrected chi connectivity index (χ1v) is 10.2. The Kier molecular flexibility index (Phi) is 4.73. The highest BCUT2D eigenvalue weighted by atomic mass is 16.6. The van der Waals surface area contributed by atoms with Crippen LogP contribution in [-0.2, 0) is 9.53 Å². The molecule has 3 fully saturated rings. The molecule has 0 saturated heterocycles. The average Bonchev–Trinajstić information content (AvgIpc) is 3.32. The highest BCUT2D eigenvalue weighted by Crippen LogP contribution is 2.47.